The molecule has 1 atom stereocenters. The molecule has 130 valence electrons. The topological polar surface area (TPSA) is 40.6 Å². The Balaban J connectivity index is 1.81. The summed E-state index contributed by atoms with van der Waals surface area (Å²) in [6.07, 6.45) is 4.25. The Morgan fingerprint density at radius 3 is 2.50 bits per heavy atom. The van der Waals surface area contributed by atoms with Gasteiger partial charge in [0.2, 0.25) is 11.8 Å². The van der Waals surface area contributed by atoms with Crippen LogP contribution >= 0.6 is 0 Å². The van der Waals surface area contributed by atoms with Crippen LogP contribution in [0.3, 0.4) is 0 Å². The third kappa shape index (κ3) is 2.94. The number of nitrogens with zero attached hydrogens (tertiary/aromatic N) is 2. The molecule has 1 saturated heterocycles. The Bertz CT molecular complexity index is 630. The highest BCUT2D eigenvalue weighted by atomic mass is 16.2. The fourth-order valence-corrected chi connectivity index (χ4v) is 4.48. The van der Waals surface area contributed by atoms with Crippen LogP contribution in [0.2, 0.25) is 0 Å². The van der Waals surface area contributed by atoms with Crippen LogP contribution in [-0.4, -0.2) is 48.8 Å². The number of likely N-dealkylation sites (tertiary alicyclic amines) is 1. The third-order valence-electron chi connectivity index (χ3n) is 5.90. The van der Waals surface area contributed by atoms with E-state index in [2.05, 4.69) is 24.3 Å². The Hall–Kier alpha value is -1.84. The maximum absolute atomic E-state index is 12.2. The van der Waals surface area contributed by atoms with Gasteiger partial charge in [0, 0.05) is 40.0 Å². The monoisotopic (exact) mass is 328 g/mol. The number of piperidine rings is 1. The van der Waals surface area contributed by atoms with Crippen LogP contribution in [0.1, 0.15) is 56.1 Å². The van der Waals surface area contributed by atoms with E-state index in [-0.39, 0.29) is 17.2 Å². The number of amides is 2. The normalized spacial score (nSPS) is 21.6. The van der Waals surface area contributed by atoms with Crippen LogP contribution in [0.5, 0.6) is 0 Å². The molecule has 1 heterocycles. The molecule has 1 aromatic rings. The molecular weight excluding hydrogens is 300 g/mol. The molecule has 24 heavy (non-hydrogen) atoms. The highest BCUT2D eigenvalue weighted by Crippen LogP contribution is 2.52. The minimum Gasteiger partial charge on any atom is -0.349 e. The van der Waals surface area contributed by atoms with Gasteiger partial charge in [-0.15, -0.1) is 0 Å². The fraction of sp³-hybridized carbons (Fsp3) is 0.600. The molecule has 0 aromatic heterocycles. The number of benzene rings is 1. The van der Waals surface area contributed by atoms with Gasteiger partial charge in [-0.1, -0.05) is 31.2 Å². The van der Waals surface area contributed by atoms with Crippen molar-refractivity contribution in [3.63, 3.8) is 0 Å². The molecule has 0 unspecified atom stereocenters. The van der Waals surface area contributed by atoms with Gasteiger partial charge in [-0.25, -0.2) is 0 Å². The zero-order valence-corrected chi connectivity index (χ0v) is 15.0. The predicted octanol–water partition coefficient (Wildman–Crippen LogP) is 2.92. The second-order valence-electron chi connectivity index (χ2n) is 7.50. The molecule has 4 nitrogen and oxygen atoms in total. The van der Waals surface area contributed by atoms with E-state index in [0.29, 0.717) is 18.8 Å². The van der Waals surface area contributed by atoms with Crippen LogP contribution < -0.4 is 0 Å². The Morgan fingerprint density at radius 1 is 1.21 bits per heavy atom. The van der Waals surface area contributed by atoms with Gasteiger partial charge < -0.3 is 9.80 Å². The lowest BCUT2D eigenvalue weighted by atomic mass is 9.73. The summed E-state index contributed by atoms with van der Waals surface area (Å²) in [5.41, 5.74) is 2.92. The first-order chi connectivity index (χ1) is 11.5. The van der Waals surface area contributed by atoms with E-state index in [1.807, 2.05) is 25.9 Å². The predicted molar refractivity (Wildman–Crippen MR) is 94.9 cm³/mol. The van der Waals surface area contributed by atoms with Gasteiger partial charge in [0.25, 0.3) is 0 Å². The minimum atomic E-state index is 0.151. The summed E-state index contributed by atoms with van der Waals surface area (Å²) in [5.74, 6) is 0.769. The quantitative estimate of drug-likeness (QED) is 0.856. The summed E-state index contributed by atoms with van der Waals surface area (Å²) in [6, 6.07) is 8.63. The standard InChI is InChI=1S/C20H28N2O2/c1-4-18(23)22-11-9-20(10-12-22)14-15(13-19(24)21(2)3)16-7-5-6-8-17(16)20/h5-8,15H,4,9-14H2,1-3H3/t15-/m1/s1. The molecule has 4 heteroatoms. The number of hydrogen-bond acceptors (Lipinski definition) is 2. The van der Waals surface area contributed by atoms with Crippen LogP contribution in [0.4, 0.5) is 0 Å². The average Bonchev–Trinajstić information content (AvgIpc) is 2.89. The second kappa shape index (κ2) is 6.58. The van der Waals surface area contributed by atoms with Crippen LogP contribution in [0.15, 0.2) is 24.3 Å². The summed E-state index contributed by atoms with van der Waals surface area (Å²) in [6.45, 7) is 3.62. The number of fused-ring (bicyclic) bond motifs is 2. The summed E-state index contributed by atoms with van der Waals surface area (Å²) in [7, 11) is 3.65. The van der Waals surface area contributed by atoms with Crippen molar-refractivity contribution < 1.29 is 9.59 Å². The van der Waals surface area contributed by atoms with E-state index >= 15 is 0 Å². The zero-order chi connectivity index (χ0) is 17.3. The Kier molecular flexibility index (Phi) is 4.66. The number of rotatable bonds is 3. The van der Waals surface area contributed by atoms with Crippen LogP contribution in [0, 0.1) is 0 Å². The number of carbonyl (C=O) groups excluding carboxylic acids is 2. The van der Waals surface area contributed by atoms with Crippen molar-refractivity contribution in [3.05, 3.63) is 35.4 Å². The van der Waals surface area contributed by atoms with Crippen molar-refractivity contribution >= 4 is 11.8 Å². The lowest BCUT2D eigenvalue weighted by Gasteiger charge is -2.40. The summed E-state index contributed by atoms with van der Waals surface area (Å²) >= 11 is 0. The molecule has 0 N–H and O–H groups in total. The first kappa shape index (κ1) is 17.0. The maximum Gasteiger partial charge on any atom is 0.222 e. The lowest BCUT2D eigenvalue weighted by molar-refractivity contribution is -0.132. The minimum absolute atomic E-state index is 0.151. The molecule has 1 fully saturated rings. The highest BCUT2D eigenvalue weighted by Gasteiger charge is 2.46. The van der Waals surface area contributed by atoms with Gasteiger partial charge >= 0.3 is 0 Å². The molecule has 1 aliphatic carbocycles. The molecule has 0 saturated carbocycles. The SMILES string of the molecule is CCC(=O)N1CCC2(CC1)C[C@@H](CC(=O)N(C)C)c1ccccc12. The van der Waals surface area contributed by atoms with Crippen LogP contribution in [-0.2, 0) is 15.0 Å². The van der Waals surface area contributed by atoms with E-state index in [1.54, 1.807) is 4.90 Å². The first-order valence-electron chi connectivity index (χ1n) is 9.04. The number of carbonyl (C=O) groups is 2. The van der Waals surface area contributed by atoms with E-state index in [1.165, 1.54) is 11.1 Å². The summed E-state index contributed by atoms with van der Waals surface area (Å²) in [5, 5.41) is 0. The summed E-state index contributed by atoms with van der Waals surface area (Å²) < 4.78 is 0. The molecule has 1 aromatic carbocycles. The van der Waals surface area contributed by atoms with Gasteiger partial charge in [-0.05, 0) is 41.7 Å². The first-order valence-corrected chi connectivity index (χ1v) is 9.04. The smallest absolute Gasteiger partial charge is 0.222 e. The zero-order valence-electron chi connectivity index (χ0n) is 15.0. The molecule has 2 amide bonds. The molecule has 2 aliphatic rings. The highest BCUT2D eigenvalue weighted by molar-refractivity contribution is 5.77. The van der Waals surface area contributed by atoms with Crippen LogP contribution in [0.25, 0.3) is 0 Å². The average molecular weight is 328 g/mol. The van der Waals surface area contributed by atoms with E-state index < -0.39 is 0 Å². The van der Waals surface area contributed by atoms with Crippen molar-refractivity contribution in [2.24, 2.45) is 0 Å². The Morgan fingerprint density at radius 2 is 1.88 bits per heavy atom. The van der Waals surface area contributed by atoms with Gasteiger partial charge in [0.1, 0.15) is 0 Å². The molecule has 0 radical (unpaired) electrons. The fourth-order valence-electron chi connectivity index (χ4n) is 4.48. The van der Waals surface area contributed by atoms with Crippen molar-refractivity contribution in [2.75, 3.05) is 27.2 Å². The van der Waals surface area contributed by atoms with Gasteiger partial charge in [-0.3, -0.25) is 9.59 Å². The van der Waals surface area contributed by atoms with Gasteiger partial charge in [-0.2, -0.15) is 0 Å². The van der Waals surface area contributed by atoms with Crippen molar-refractivity contribution in [3.8, 4) is 0 Å². The largest absolute Gasteiger partial charge is 0.349 e. The summed E-state index contributed by atoms with van der Waals surface area (Å²) in [4.78, 5) is 27.9. The molecule has 1 aliphatic heterocycles. The van der Waals surface area contributed by atoms with E-state index in [0.717, 1.165) is 32.4 Å². The third-order valence-corrected chi connectivity index (χ3v) is 5.90. The van der Waals surface area contributed by atoms with Gasteiger partial charge in [0.15, 0.2) is 0 Å². The molecule has 0 bridgehead atoms. The molecule has 1 spiro atoms. The van der Waals surface area contributed by atoms with Gasteiger partial charge in [0.05, 0.1) is 0 Å². The van der Waals surface area contributed by atoms with Crippen molar-refractivity contribution in [2.45, 2.75) is 50.4 Å². The lowest BCUT2D eigenvalue weighted by Crippen LogP contribution is -2.44. The van der Waals surface area contributed by atoms with Crippen molar-refractivity contribution in [1.29, 1.82) is 0 Å². The van der Waals surface area contributed by atoms with E-state index in [9.17, 15) is 9.59 Å². The van der Waals surface area contributed by atoms with Crippen molar-refractivity contribution in [1.82, 2.24) is 9.80 Å². The maximum atomic E-state index is 12.2. The molecule has 3 rings (SSSR count). The van der Waals surface area contributed by atoms with E-state index in [4.69, 9.17) is 0 Å². The number of hydrogen-bond donors (Lipinski definition) is 0. The molecular formula is C20H28N2O2. The second-order valence-corrected chi connectivity index (χ2v) is 7.50. The Labute approximate surface area is 144 Å².